The molecule has 2 bridgehead atoms. The Bertz CT molecular complexity index is 814. The SMILES string of the molecule is CN1C2CCC1CC(CC(=S)C(=N)c1cc(-c3ccsc3)ccc1N)C2. The number of nitrogen functional groups attached to an aromatic ring is 1. The van der Waals surface area contributed by atoms with Gasteiger partial charge in [-0.2, -0.15) is 11.3 Å². The molecule has 0 aliphatic carbocycles. The van der Waals surface area contributed by atoms with Gasteiger partial charge in [0.2, 0.25) is 0 Å². The molecule has 4 rings (SSSR count). The molecule has 3 N–H and O–H groups in total. The van der Waals surface area contributed by atoms with Crippen molar-refractivity contribution in [2.75, 3.05) is 12.8 Å². The zero-order valence-corrected chi connectivity index (χ0v) is 16.7. The Morgan fingerprint density at radius 3 is 2.62 bits per heavy atom. The Hall–Kier alpha value is -1.56. The molecule has 0 spiro atoms. The first-order valence-corrected chi connectivity index (χ1v) is 10.6. The summed E-state index contributed by atoms with van der Waals surface area (Å²) in [5.41, 5.74) is 10.3. The molecule has 3 heterocycles. The van der Waals surface area contributed by atoms with Crippen LogP contribution in [0.15, 0.2) is 35.0 Å². The Morgan fingerprint density at radius 1 is 1.23 bits per heavy atom. The van der Waals surface area contributed by atoms with Crippen molar-refractivity contribution in [1.29, 1.82) is 5.41 Å². The summed E-state index contributed by atoms with van der Waals surface area (Å²) in [4.78, 5) is 3.31. The number of hydrogen-bond donors (Lipinski definition) is 2. The highest BCUT2D eigenvalue weighted by Crippen LogP contribution is 2.39. The lowest BCUT2D eigenvalue weighted by atomic mass is 9.86. The summed E-state index contributed by atoms with van der Waals surface area (Å²) >= 11 is 7.35. The number of thiophene rings is 1. The standard InChI is InChI=1S/C21H25N3S2/c1-24-16-3-4-17(24)9-13(8-16)10-20(25)21(23)18-11-14(2-5-19(18)22)15-6-7-26-12-15/h2,5-7,11-13,16-17,23H,3-4,8-10,22H2,1H3. The van der Waals surface area contributed by atoms with Crippen LogP contribution in [0.3, 0.4) is 0 Å². The number of anilines is 1. The van der Waals surface area contributed by atoms with Crippen LogP contribution in [-0.4, -0.2) is 34.6 Å². The molecule has 1 aromatic heterocycles. The zero-order valence-electron chi connectivity index (χ0n) is 15.1. The van der Waals surface area contributed by atoms with Crippen molar-refractivity contribution in [2.24, 2.45) is 5.92 Å². The number of rotatable bonds is 5. The first-order valence-electron chi connectivity index (χ1n) is 9.29. The average Bonchev–Trinajstić information content (AvgIpc) is 3.22. The van der Waals surface area contributed by atoms with Crippen molar-refractivity contribution >= 4 is 39.8 Å². The normalized spacial score (nSPS) is 25.3. The first kappa shape index (κ1) is 17.8. The molecule has 2 saturated heterocycles. The molecular weight excluding hydrogens is 358 g/mol. The molecule has 2 aromatic rings. The number of thiocarbonyl (C=S) groups is 1. The minimum atomic E-state index is 0.431. The van der Waals surface area contributed by atoms with Crippen LogP contribution in [0.5, 0.6) is 0 Å². The van der Waals surface area contributed by atoms with E-state index >= 15 is 0 Å². The van der Waals surface area contributed by atoms with E-state index in [9.17, 15) is 0 Å². The highest BCUT2D eigenvalue weighted by molar-refractivity contribution is 7.82. The number of nitrogens with one attached hydrogen (secondary N) is 1. The molecule has 2 atom stereocenters. The van der Waals surface area contributed by atoms with E-state index in [0.29, 0.717) is 29.4 Å². The Labute approximate surface area is 164 Å². The van der Waals surface area contributed by atoms with Crippen molar-refractivity contribution in [1.82, 2.24) is 4.90 Å². The van der Waals surface area contributed by atoms with Gasteiger partial charge in [0.1, 0.15) is 0 Å². The number of hydrogen-bond acceptors (Lipinski definition) is 5. The highest BCUT2D eigenvalue weighted by Gasteiger charge is 2.38. The van der Waals surface area contributed by atoms with Gasteiger partial charge in [0.05, 0.1) is 5.71 Å². The molecule has 5 heteroatoms. The summed E-state index contributed by atoms with van der Waals surface area (Å²) < 4.78 is 0. The molecule has 26 heavy (non-hydrogen) atoms. The van der Waals surface area contributed by atoms with Crippen molar-refractivity contribution in [3.63, 3.8) is 0 Å². The van der Waals surface area contributed by atoms with Gasteiger partial charge >= 0.3 is 0 Å². The first-order chi connectivity index (χ1) is 12.5. The molecule has 136 valence electrons. The van der Waals surface area contributed by atoms with Gasteiger partial charge in [-0.15, -0.1) is 0 Å². The third-order valence-electron chi connectivity index (χ3n) is 6.13. The third kappa shape index (κ3) is 3.36. The van der Waals surface area contributed by atoms with E-state index < -0.39 is 0 Å². The molecular formula is C21H25N3S2. The lowest BCUT2D eigenvalue weighted by Gasteiger charge is -2.36. The van der Waals surface area contributed by atoms with Crippen molar-refractivity contribution < 1.29 is 0 Å². The van der Waals surface area contributed by atoms with Gasteiger partial charge in [0, 0.05) is 28.2 Å². The van der Waals surface area contributed by atoms with E-state index in [1.807, 2.05) is 18.2 Å². The summed E-state index contributed by atoms with van der Waals surface area (Å²) in [6.45, 7) is 0. The van der Waals surface area contributed by atoms with Crippen LogP contribution in [0.4, 0.5) is 5.69 Å². The van der Waals surface area contributed by atoms with Gasteiger partial charge in [0.25, 0.3) is 0 Å². The van der Waals surface area contributed by atoms with Crippen molar-refractivity contribution in [2.45, 2.75) is 44.2 Å². The second-order valence-corrected chi connectivity index (χ2v) is 8.98. The molecule has 1 aromatic carbocycles. The van der Waals surface area contributed by atoms with Gasteiger partial charge in [0.15, 0.2) is 0 Å². The maximum Gasteiger partial charge on any atom is 0.0772 e. The van der Waals surface area contributed by atoms with Crippen LogP contribution in [-0.2, 0) is 0 Å². The summed E-state index contributed by atoms with van der Waals surface area (Å²) in [5.74, 6) is 0.609. The number of fused-ring (bicyclic) bond motifs is 2. The van der Waals surface area contributed by atoms with E-state index in [0.717, 1.165) is 22.4 Å². The second kappa shape index (κ2) is 7.22. The van der Waals surface area contributed by atoms with Gasteiger partial charge in [-0.1, -0.05) is 18.3 Å². The zero-order chi connectivity index (χ0) is 18.3. The second-order valence-electron chi connectivity index (χ2n) is 7.70. The molecule has 0 radical (unpaired) electrons. The lowest BCUT2D eigenvalue weighted by molar-refractivity contribution is 0.137. The fourth-order valence-corrected chi connectivity index (χ4v) is 5.60. The fraction of sp³-hybridized carbons (Fsp3) is 0.429. The maximum absolute atomic E-state index is 8.64. The van der Waals surface area contributed by atoms with Crippen LogP contribution in [0.2, 0.25) is 0 Å². The number of nitrogens with zero attached hydrogens (tertiary/aromatic N) is 1. The van der Waals surface area contributed by atoms with Crippen molar-refractivity contribution in [3.05, 3.63) is 40.6 Å². The Morgan fingerprint density at radius 2 is 1.96 bits per heavy atom. The summed E-state index contributed by atoms with van der Waals surface area (Å²) in [6.07, 6.45) is 5.90. The highest BCUT2D eigenvalue weighted by atomic mass is 32.1. The van der Waals surface area contributed by atoms with Gasteiger partial charge in [-0.05, 0) is 85.2 Å². The number of nitrogens with two attached hydrogens (primary N) is 1. The predicted octanol–water partition coefficient (Wildman–Crippen LogP) is 5.00. The van der Waals surface area contributed by atoms with Crippen LogP contribution in [0.1, 0.15) is 37.7 Å². The fourth-order valence-electron chi connectivity index (χ4n) is 4.59. The predicted molar refractivity (Wildman–Crippen MR) is 116 cm³/mol. The molecule has 3 nitrogen and oxygen atoms in total. The van der Waals surface area contributed by atoms with Crippen LogP contribution < -0.4 is 5.73 Å². The average molecular weight is 384 g/mol. The smallest absolute Gasteiger partial charge is 0.0772 e. The number of piperidine rings is 1. The molecule has 2 aliphatic heterocycles. The topological polar surface area (TPSA) is 53.1 Å². The van der Waals surface area contributed by atoms with E-state index in [1.165, 1.54) is 31.2 Å². The minimum Gasteiger partial charge on any atom is -0.398 e. The van der Waals surface area contributed by atoms with E-state index in [2.05, 4.69) is 28.8 Å². The van der Waals surface area contributed by atoms with Crippen LogP contribution in [0.25, 0.3) is 11.1 Å². The Balaban J connectivity index is 1.49. The van der Waals surface area contributed by atoms with Gasteiger partial charge in [-0.3, -0.25) is 5.41 Å². The third-order valence-corrected chi connectivity index (χ3v) is 7.18. The van der Waals surface area contributed by atoms with Gasteiger partial charge in [-0.25, -0.2) is 0 Å². The van der Waals surface area contributed by atoms with E-state index in [4.69, 9.17) is 23.4 Å². The molecule has 2 fully saturated rings. The van der Waals surface area contributed by atoms with Crippen LogP contribution in [0, 0.1) is 11.3 Å². The maximum atomic E-state index is 8.64. The summed E-state index contributed by atoms with van der Waals surface area (Å²) in [5, 5.41) is 12.8. The Kier molecular flexibility index (Phi) is 4.95. The monoisotopic (exact) mass is 383 g/mol. The summed E-state index contributed by atoms with van der Waals surface area (Å²) in [6, 6.07) is 9.45. The molecule has 2 aliphatic rings. The summed E-state index contributed by atoms with van der Waals surface area (Å²) in [7, 11) is 2.26. The largest absolute Gasteiger partial charge is 0.398 e. The lowest BCUT2D eigenvalue weighted by Crippen LogP contribution is -2.40. The van der Waals surface area contributed by atoms with Gasteiger partial charge < -0.3 is 10.6 Å². The molecule has 0 saturated carbocycles. The number of benzene rings is 1. The van der Waals surface area contributed by atoms with E-state index in [1.54, 1.807) is 11.3 Å². The van der Waals surface area contributed by atoms with E-state index in [-0.39, 0.29) is 0 Å². The molecule has 0 amide bonds. The minimum absolute atomic E-state index is 0.431. The molecule has 2 unspecified atom stereocenters. The quantitative estimate of drug-likeness (QED) is 0.434. The van der Waals surface area contributed by atoms with Crippen molar-refractivity contribution in [3.8, 4) is 11.1 Å². The van der Waals surface area contributed by atoms with Crippen LogP contribution >= 0.6 is 23.6 Å².